The fraction of sp³-hybridized carbons (Fsp3) is 0.167. The Morgan fingerprint density at radius 2 is 2.28 bits per heavy atom. The van der Waals surface area contributed by atoms with Crippen molar-refractivity contribution in [2.24, 2.45) is 0 Å². The molecule has 0 amide bonds. The summed E-state index contributed by atoms with van der Waals surface area (Å²) in [4.78, 5) is 15.6. The van der Waals surface area contributed by atoms with E-state index in [1.165, 1.54) is 29.1 Å². The van der Waals surface area contributed by atoms with E-state index in [-0.39, 0.29) is 17.3 Å². The van der Waals surface area contributed by atoms with Crippen molar-refractivity contribution in [1.29, 1.82) is 0 Å². The molecular formula is C12H12FN3O2. The lowest BCUT2D eigenvalue weighted by Crippen LogP contribution is -2.20. The number of nitrogen functional groups attached to an aromatic ring is 1. The molecule has 6 heteroatoms. The smallest absolute Gasteiger partial charge is 0.313 e. The first kappa shape index (κ1) is 12.1. The molecule has 1 aromatic carbocycles. The highest BCUT2D eigenvalue weighted by atomic mass is 19.1. The minimum Gasteiger partial charge on any atom is -0.431 e. The number of nitrogens with zero attached hydrogens (tertiary/aromatic N) is 2. The molecule has 0 spiro atoms. The monoisotopic (exact) mass is 249 g/mol. The third-order valence-electron chi connectivity index (χ3n) is 2.39. The van der Waals surface area contributed by atoms with E-state index in [1.807, 2.05) is 6.92 Å². The Morgan fingerprint density at radius 3 is 2.94 bits per heavy atom. The van der Waals surface area contributed by atoms with Gasteiger partial charge in [0.2, 0.25) is 0 Å². The molecular weight excluding hydrogens is 237 g/mol. The maximum Gasteiger partial charge on any atom is 0.313 e. The lowest BCUT2D eigenvalue weighted by atomic mass is 10.3. The first-order valence-electron chi connectivity index (χ1n) is 5.40. The summed E-state index contributed by atoms with van der Waals surface area (Å²) < 4.78 is 20.1. The zero-order chi connectivity index (χ0) is 13.1. The Morgan fingerprint density at radius 1 is 1.50 bits per heavy atom. The number of rotatable bonds is 3. The van der Waals surface area contributed by atoms with Crippen LogP contribution in [-0.4, -0.2) is 9.55 Å². The normalized spacial score (nSPS) is 10.3. The number of halogens is 1. The summed E-state index contributed by atoms with van der Waals surface area (Å²) in [7, 11) is 0. The summed E-state index contributed by atoms with van der Waals surface area (Å²) >= 11 is 0. The SMILES string of the molecule is CCn1ccnc(Oc2ccc(N)cc2F)c1=O. The molecule has 18 heavy (non-hydrogen) atoms. The Balaban J connectivity index is 2.37. The lowest BCUT2D eigenvalue weighted by Gasteiger charge is -2.07. The number of aryl methyl sites for hydroxylation is 1. The number of ether oxygens (including phenoxy) is 1. The number of hydrogen-bond acceptors (Lipinski definition) is 4. The van der Waals surface area contributed by atoms with E-state index >= 15 is 0 Å². The van der Waals surface area contributed by atoms with Crippen molar-refractivity contribution < 1.29 is 9.13 Å². The molecule has 94 valence electrons. The Kier molecular flexibility index (Phi) is 3.27. The molecule has 0 aliphatic carbocycles. The van der Waals surface area contributed by atoms with Crippen LogP contribution in [0.25, 0.3) is 0 Å². The van der Waals surface area contributed by atoms with Crippen LogP contribution in [-0.2, 0) is 6.54 Å². The van der Waals surface area contributed by atoms with Gasteiger partial charge in [-0.3, -0.25) is 4.79 Å². The first-order valence-corrected chi connectivity index (χ1v) is 5.40. The van der Waals surface area contributed by atoms with E-state index in [0.717, 1.165) is 6.07 Å². The van der Waals surface area contributed by atoms with Crippen molar-refractivity contribution in [2.45, 2.75) is 13.5 Å². The molecule has 0 unspecified atom stereocenters. The second kappa shape index (κ2) is 4.87. The fourth-order valence-corrected chi connectivity index (χ4v) is 1.45. The van der Waals surface area contributed by atoms with Crippen LogP contribution in [0, 0.1) is 5.82 Å². The van der Waals surface area contributed by atoms with Gasteiger partial charge in [-0.15, -0.1) is 0 Å². The Hall–Kier alpha value is -2.37. The van der Waals surface area contributed by atoms with Crippen molar-refractivity contribution in [3.63, 3.8) is 0 Å². The third kappa shape index (κ3) is 2.32. The summed E-state index contributed by atoms with van der Waals surface area (Å²) in [6.45, 7) is 2.30. The first-order chi connectivity index (χ1) is 8.61. The second-order valence-corrected chi connectivity index (χ2v) is 3.62. The highest BCUT2D eigenvalue weighted by molar-refractivity contribution is 5.43. The number of hydrogen-bond donors (Lipinski definition) is 1. The van der Waals surface area contributed by atoms with Crippen LogP contribution < -0.4 is 16.0 Å². The number of benzene rings is 1. The van der Waals surface area contributed by atoms with Crippen molar-refractivity contribution in [1.82, 2.24) is 9.55 Å². The van der Waals surface area contributed by atoms with Gasteiger partial charge in [-0.2, -0.15) is 0 Å². The summed E-state index contributed by atoms with van der Waals surface area (Å²) in [5.41, 5.74) is 5.30. The van der Waals surface area contributed by atoms with Gasteiger partial charge < -0.3 is 15.0 Å². The molecule has 1 heterocycles. The van der Waals surface area contributed by atoms with Gasteiger partial charge in [-0.1, -0.05) is 0 Å². The zero-order valence-corrected chi connectivity index (χ0v) is 9.76. The molecule has 0 bridgehead atoms. The fourth-order valence-electron chi connectivity index (χ4n) is 1.45. The van der Waals surface area contributed by atoms with Gasteiger partial charge in [-0.05, 0) is 19.1 Å². The third-order valence-corrected chi connectivity index (χ3v) is 2.39. The van der Waals surface area contributed by atoms with Gasteiger partial charge in [-0.25, -0.2) is 9.37 Å². The van der Waals surface area contributed by atoms with Crippen LogP contribution in [0.4, 0.5) is 10.1 Å². The maximum atomic E-state index is 13.5. The molecule has 0 saturated heterocycles. The topological polar surface area (TPSA) is 70.1 Å². The zero-order valence-electron chi connectivity index (χ0n) is 9.76. The average Bonchev–Trinajstić information content (AvgIpc) is 2.35. The standard InChI is InChI=1S/C12H12FN3O2/c1-2-16-6-5-15-11(12(16)17)18-10-4-3-8(14)7-9(10)13/h3-7H,2,14H2,1H3. The summed E-state index contributed by atoms with van der Waals surface area (Å²) in [5, 5.41) is 0. The molecule has 2 N–H and O–H groups in total. The van der Waals surface area contributed by atoms with Crippen molar-refractivity contribution in [2.75, 3.05) is 5.73 Å². The summed E-state index contributed by atoms with van der Waals surface area (Å²) in [6.07, 6.45) is 2.96. The number of aromatic nitrogens is 2. The number of nitrogens with two attached hydrogens (primary N) is 1. The number of anilines is 1. The van der Waals surface area contributed by atoms with Crippen LogP contribution in [0.3, 0.4) is 0 Å². The van der Waals surface area contributed by atoms with Crippen LogP contribution in [0.1, 0.15) is 6.92 Å². The van der Waals surface area contributed by atoms with E-state index in [2.05, 4.69) is 4.98 Å². The molecule has 2 aromatic rings. The maximum absolute atomic E-state index is 13.5. The van der Waals surface area contributed by atoms with E-state index in [0.29, 0.717) is 6.54 Å². The highest BCUT2D eigenvalue weighted by Crippen LogP contribution is 2.22. The molecule has 0 aliphatic heterocycles. The summed E-state index contributed by atoms with van der Waals surface area (Å²) in [6, 6.07) is 3.96. The van der Waals surface area contributed by atoms with Gasteiger partial charge in [0.15, 0.2) is 11.6 Å². The molecule has 0 fully saturated rings. The van der Waals surface area contributed by atoms with Crippen LogP contribution >= 0.6 is 0 Å². The molecule has 0 aliphatic rings. The van der Waals surface area contributed by atoms with E-state index in [1.54, 1.807) is 0 Å². The largest absolute Gasteiger partial charge is 0.431 e. The minimum atomic E-state index is -0.636. The molecule has 2 rings (SSSR count). The van der Waals surface area contributed by atoms with Gasteiger partial charge in [0.1, 0.15) is 0 Å². The van der Waals surface area contributed by atoms with Gasteiger partial charge in [0, 0.05) is 30.7 Å². The van der Waals surface area contributed by atoms with Crippen LogP contribution in [0.2, 0.25) is 0 Å². The molecule has 0 saturated carbocycles. The molecule has 1 aromatic heterocycles. The van der Waals surface area contributed by atoms with Gasteiger partial charge in [0.05, 0.1) is 0 Å². The second-order valence-electron chi connectivity index (χ2n) is 3.62. The highest BCUT2D eigenvalue weighted by Gasteiger charge is 2.10. The average molecular weight is 249 g/mol. The van der Waals surface area contributed by atoms with E-state index in [4.69, 9.17) is 10.5 Å². The predicted octanol–water partition coefficient (Wildman–Crippen LogP) is 1.78. The minimum absolute atomic E-state index is 0.0809. The van der Waals surface area contributed by atoms with Crippen LogP contribution in [0.5, 0.6) is 11.6 Å². The predicted molar refractivity (Wildman–Crippen MR) is 65.1 cm³/mol. The lowest BCUT2D eigenvalue weighted by molar-refractivity contribution is 0.415. The molecule has 0 atom stereocenters. The Bertz CT molecular complexity index is 625. The quantitative estimate of drug-likeness (QED) is 0.842. The Labute approximate surface area is 103 Å². The van der Waals surface area contributed by atoms with E-state index < -0.39 is 11.4 Å². The van der Waals surface area contributed by atoms with Crippen LogP contribution in [0.15, 0.2) is 35.4 Å². The van der Waals surface area contributed by atoms with Crippen molar-refractivity contribution >= 4 is 5.69 Å². The van der Waals surface area contributed by atoms with Gasteiger partial charge >= 0.3 is 5.56 Å². The van der Waals surface area contributed by atoms with E-state index in [9.17, 15) is 9.18 Å². The van der Waals surface area contributed by atoms with Crippen molar-refractivity contribution in [3.05, 3.63) is 46.8 Å². The van der Waals surface area contributed by atoms with Crippen molar-refractivity contribution in [3.8, 4) is 11.6 Å². The molecule has 5 nitrogen and oxygen atoms in total. The molecule has 0 radical (unpaired) electrons. The summed E-state index contributed by atoms with van der Waals surface area (Å²) in [5.74, 6) is -0.881. The van der Waals surface area contributed by atoms with Gasteiger partial charge in [0.25, 0.3) is 5.88 Å².